The standard InChI is InChI=1S/C62H44N2.C58H42N2/c1-3-17-45(18-4-1)47-37-41-53(42-38-47)63(61-31-15-23-49-21-7-9-25-55(49)61)59-29-13-11-27-57(59)51-33-35-52(36-34-51)58-28-12-14-30-60(58)64(62-32-16-24-50-22-8-10-26-56(50)62)54-43-39-48(40-44-54)46-19-5-2-6-20-46;1-4-17-43(18-5-1)45-35-39-51(40-36-45)59(50-23-8-3-9-24-50)56-28-14-12-26-54(56)48-31-33-49(34-32-48)55-27-13-15-29-57(55)60(58-30-16-22-47-21-10-11-25-53(47)58)52-41-37-46(38-42-52)44-19-6-2-7-20-44/h1-44H;1-42H. The Labute approximate surface area is 725 Å². The number of nitrogens with zero attached hydrogens (tertiary/aromatic N) is 4. The van der Waals surface area contributed by atoms with Gasteiger partial charge < -0.3 is 19.6 Å². The molecule has 21 aromatic carbocycles. The maximum atomic E-state index is 2.42. The van der Waals surface area contributed by atoms with Crippen LogP contribution in [0.1, 0.15) is 0 Å². The van der Waals surface area contributed by atoms with Crippen molar-refractivity contribution in [2.45, 2.75) is 0 Å². The topological polar surface area (TPSA) is 13.0 Å². The van der Waals surface area contributed by atoms with Crippen molar-refractivity contribution in [3.05, 3.63) is 522 Å². The zero-order chi connectivity index (χ0) is 82.8. The molecule has 21 aromatic rings. The Hall–Kier alpha value is -16.4. The predicted molar refractivity (Wildman–Crippen MR) is 528 cm³/mol. The lowest BCUT2D eigenvalue weighted by molar-refractivity contribution is 1.28. The molecule has 0 spiro atoms. The highest BCUT2D eigenvalue weighted by molar-refractivity contribution is 6.05. The monoisotopic (exact) mass is 1580 g/mol. The van der Waals surface area contributed by atoms with Crippen LogP contribution in [0, 0.1) is 0 Å². The summed E-state index contributed by atoms with van der Waals surface area (Å²) in [7, 11) is 0. The van der Waals surface area contributed by atoms with Gasteiger partial charge in [-0.25, -0.2) is 0 Å². The fraction of sp³-hybridized carbons (Fsp3) is 0. The van der Waals surface area contributed by atoms with E-state index in [1.807, 2.05) is 0 Å². The third-order valence-electron chi connectivity index (χ3n) is 23.6. The summed E-state index contributed by atoms with van der Waals surface area (Å²) in [4.78, 5) is 9.61. The first kappa shape index (κ1) is 76.3. The molecule has 0 aliphatic heterocycles. The van der Waals surface area contributed by atoms with Gasteiger partial charge in [0.05, 0.1) is 39.8 Å². The molecule has 0 unspecified atom stereocenters. The summed E-state index contributed by atoms with van der Waals surface area (Å²) in [5.74, 6) is 0. The van der Waals surface area contributed by atoms with Crippen LogP contribution in [0.2, 0.25) is 0 Å². The molecule has 4 nitrogen and oxygen atoms in total. The summed E-state index contributed by atoms with van der Waals surface area (Å²) >= 11 is 0. The number of hydrogen-bond donors (Lipinski definition) is 0. The predicted octanol–water partition coefficient (Wildman–Crippen LogP) is 34.0. The molecule has 0 N–H and O–H groups in total. The summed E-state index contributed by atoms with van der Waals surface area (Å²) in [5.41, 5.74) is 32.1. The van der Waals surface area contributed by atoms with E-state index in [1.165, 1.54) is 76.8 Å². The molecule has 0 aromatic heterocycles. The molecule has 0 fully saturated rings. The van der Waals surface area contributed by atoms with E-state index < -0.39 is 0 Å². The first-order valence-electron chi connectivity index (χ1n) is 42.4. The van der Waals surface area contributed by atoms with E-state index in [9.17, 15) is 0 Å². The van der Waals surface area contributed by atoms with Crippen molar-refractivity contribution in [1.82, 2.24) is 0 Å². The summed E-state index contributed by atoms with van der Waals surface area (Å²) in [6, 6.07) is 188. The van der Waals surface area contributed by atoms with Gasteiger partial charge in [-0.2, -0.15) is 0 Å². The zero-order valence-corrected chi connectivity index (χ0v) is 68.4. The lowest BCUT2D eigenvalue weighted by Gasteiger charge is -2.29. The van der Waals surface area contributed by atoms with Crippen LogP contribution < -0.4 is 19.6 Å². The molecule has 21 rings (SSSR count). The van der Waals surface area contributed by atoms with Gasteiger partial charge in [0, 0.05) is 66.8 Å². The SMILES string of the molecule is c1ccc(-c2ccc(N(c3ccccc3)c3ccccc3-c3ccc(-c4ccccc4N(c4ccc(-c5ccccc5)cc4)c4cccc5ccccc45)cc3)cc2)cc1.c1ccc(-c2ccc(N(c3ccccc3-c3ccc(-c4ccccc4N(c4ccc(-c5ccccc5)cc4)c4cccc5ccccc45)cc3)c3cccc4ccccc34)cc2)cc1. The normalized spacial score (nSPS) is 11.1. The molecule has 4 heteroatoms. The van der Waals surface area contributed by atoms with Crippen LogP contribution in [0.15, 0.2) is 522 Å². The van der Waals surface area contributed by atoms with E-state index in [-0.39, 0.29) is 0 Å². The van der Waals surface area contributed by atoms with Crippen molar-refractivity contribution in [2.75, 3.05) is 19.6 Å². The molecule has 0 saturated carbocycles. The van der Waals surface area contributed by atoms with Crippen LogP contribution in [-0.4, -0.2) is 0 Å². The van der Waals surface area contributed by atoms with Crippen LogP contribution in [0.3, 0.4) is 0 Å². The highest BCUT2D eigenvalue weighted by atomic mass is 15.2. The number of benzene rings is 21. The molecule has 0 aliphatic rings. The van der Waals surface area contributed by atoms with E-state index >= 15 is 0 Å². The molecule has 586 valence electrons. The van der Waals surface area contributed by atoms with E-state index in [0.29, 0.717) is 0 Å². The van der Waals surface area contributed by atoms with Gasteiger partial charge in [0.2, 0.25) is 0 Å². The van der Waals surface area contributed by atoms with E-state index in [2.05, 4.69) is 541 Å². The van der Waals surface area contributed by atoms with Gasteiger partial charge in [-0.3, -0.25) is 0 Å². The Morgan fingerprint density at radius 1 is 0.0968 bits per heavy atom. The minimum absolute atomic E-state index is 1.10. The number of anilines is 12. The second-order valence-corrected chi connectivity index (χ2v) is 31.0. The van der Waals surface area contributed by atoms with Gasteiger partial charge >= 0.3 is 0 Å². The molecule has 0 amide bonds. The van der Waals surface area contributed by atoms with Crippen molar-refractivity contribution < 1.29 is 0 Å². The van der Waals surface area contributed by atoms with Gasteiger partial charge in [0.15, 0.2) is 0 Å². The van der Waals surface area contributed by atoms with E-state index in [1.54, 1.807) is 0 Å². The Kier molecular flexibility index (Phi) is 21.7. The largest absolute Gasteiger partial charge is 0.310 e. The second kappa shape index (κ2) is 35.3. The molecule has 0 saturated heterocycles. The van der Waals surface area contributed by atoms with Crippen LogP contribution in [-0.2, 0) is 0 Å². The Bertz CT molecular complexity index is 6980. The number of rotatable bonds is 20. The number of hydrogen-bond acceptors (Lipinski definition) is 4. The maximum Gasteiger partial charge on any atom is 0.0540 e. The van der Waals surface area contributed by atoms with Crippen LogP contribution in [0.25, 0.3) is 121 Å². The Morgan fingerprint density at radius 2 is 0.266 bits per heavy atom. The average Bonchev–Trinajstić information content (AvgIpc) is 0.770. The van der Waals surface area contributed by atoms with Crippen molar-refractivity contribution in [3.8, 4) is 89.0 Å². The zero-order valence-electron chi connectivity index (χ0n) is 68.4. The molecule has 124 heavy (non-hydrogen) atoms. The maximum absolute atomic E-state index is 2.42. The van der Waals surface area contributed by atoms with Crippen molar-refractivity contribution in [1.29, 1.82) is 0 Å². The van der Waals surface area contributed by atoms with Crippen LogP contribution in [0.5, 0.6) is 0 Å². The molecule has 0 radical (unpaired) electrons. The molecular formula is C120H86N4. The highest BCUT2D eigenvalue weighted by Crippen LogP contribution is 2.50. The average molecular weight is 1580 g/mol. The second-order valence-electron chi connectivity index (χ2n) is 31.0. The quantitative estimate of drug-likeness (QED) is 0.0754. The van der Waals surface area contributed by atoms with Gasteiger partial charge in [0.25, 0.3) is 0 Å². The van der Waals surface area contributed by atoms with Crippen molar-refractivity contribution in [3.63, 3.8) is 0 Å². The minimum Gasteiger partial charge on any atom is -0.310 e. The van der Waals surface area contributed by atoms with E-state index in [4.69, 9.17) is 0 Å². The molecular weight excluding hydrogens is 1500 g/mol. The third kappa shape index (κ3) is 15.8. The lowest BCUT2D eigenvalue weighted by Crippen LogP contribution is -2.12. The van der Waals surface area contributed by atoms with Gasteiger partial charge in [0.1, 0.15) is 0 Å². The highest BCUT2D eigenvalue weighted by Gasteiger charge is 2.25. The van der Waals surface area contributed by atoms with E-state index in [0.717, 1.165) is 113 Å². The van der Waals surface area contributed by atoms with Crippen LogP contribution in [0.4, 0.5) is 68.2 Å². The smallest absolute Gasteiger partial charge is 0.0540 e. The Morgan fingerprint density at radius 3 is 0.532 bits per heavy atom. The fourth-order valence-corrected chi connectivity index (χ4v) is 17.5. The summed E-state index contributed by atoms with van der Waals surface area (Å²) in [6.45, 7) is 0. The van der Waals surface area contributed by atoms with Crippen molar-refractivity contribution >= 4 is 101 Å². The van der Waals surface area contributed by atoms with Gasteiger partial charge in [-0.1, -0.05) is 419 Å². The Balaban J connectivity index is 0.000000157. The third-order valence-corrected chi connectivity index (χ3v) is 23.6. The number of para-hydroxylation sites is 5. The summed E-state index contributed by atoms with van der Waals surface area (Å²) < 4.78 is 0. The van der Waals surface area contributed by atoms with Gasteiger partial charge in [-0.15, -0.1) is 0 Å². The lowest BCUT2D eigenvalue weighted by atomic mass is 9.96. The molecule has 0 bridgehead atoms. The molecule has 0 atom stereocenters. The molecule has 0 aliphatic carbocycles. The summed E-state index contributed by atoms with van der Waals surface area (Å²) in [6.07, 6.45) is 0. The van der Waals surface area contributed by atoms with Crippen LogP contribution >= 0.6 is 0 Å². The first-order valence-corrected chi connectivity index (χ1v) is 42.4. The van der Waals surface area contributed by atoms with Crippen molar-refractivity contribution in [2.24, 2.45) is 0 Å². The summed E-state index contributed by atoms with van der Waals surface area (Å²) in [5, 5.41) is 7.21. The minimum atomic E-state index is 1.10. The fourth-order valence-electron chi connectivity index (χ4n) is 17.5. The molecule has 0 heterocycles. The number of fused-ring (bicyclic) bond motifs is 3. The van der Waals surface area contributed by atoms with Gasteiger partial charge in [-0.05, 0) is 186 Å². The first-order chi connectivity index (χ1) is 61.5.